The van der Waals surface area contributed by atoms with Crippen LogP contribution in [0.3, 0.4) is 0 Å². The smallest absolute Gasteiger partial charge is 0.243 e. The lowest BCUT2D eigenvalue weighted by molar-refractivity contribution is 0.222. The Morgan fingerprint density at radius 3 is 2.37 bits per heavy atom. The second kappa shape index (κ2) is 10.1. The number of fused-ring (bicyclic) bond motifs is 3. The van der Waals surface area contributed by atoms with E-state index in [1.165, 1.54) is 0 Å². The van der Waals surface area contributed by atoms with Gasteiger partial charge in [-0.25, -0.2) is 18.4 Å². The van der Waals surface area contributed by atoms with E-state index in [1.54, 1.807) is 34.9 Å². The summed E-state index contributed by atoms with van der Waals surface area (Å²) in [6.45, 7) is 5.54. The molecule has 38 heavy (non-hydrogen) atoms. The molecule has 0 unspecified atom stereocenters. The minimum absolute atomic E-state index is 0.306. The SMILES string of the molecule is CN1CCN(S(=O)(=O)c2ccc(NC(=S)N3CCN(c4ncnc5[nH]c6ccccc6c45)CC3)cc2)CC1. The number of benzene rings is 2. The molecule has 4 aromatic rings. The van der Waals surface area contributed by atoms with E-state index in [2.05, 4.69) is 47.1 Å². The third kappa shape index (κ3) is 4.68. The van der Waals surface area contributed by atoms with E-state index >= 15 is 0 Å². The molecule has 0 spiro atoms. The maximum Gasteiger partial charge on any atom is 0.243 e. The van der Waals surface area contributed by atoms with Crippen LogP contribution < -0.4 is 10.2 Å². The molecule has 10 nitrogen and oxygen atoms in total. The summed E-state index contributed by atoms with van der Waals surface area (Å²) < 4.78 is 27.6. The predicted octanol–water partition coefficient (Wildman–Crippen LogP) is 2.57. The van der Waals surface area contributed by atoms with Gasteiger partial charge in [-0.05, 0) is 49.6 Å². The highest BCUT2D eigenvalue weighted by molar-refractivity contribution is 7.89. The quantitative estimate of drug-likeness (QED) is 0.371. The summed E-state index contributed by atoms with van der Waals surface area (Å²) in [5.41, 5.74) is 2.66. The number of likely N-dealkylation sites (N-methyl/N-ethyl adjacent to an activating group) is 1. The van der Waals surface area contributed by atoms with Crippen LogP contribution in [-0.4, -0.2) is 102 Å². The average Bonchev–Trinajstić information content (AvgIpc) is 3.33. The summed E-state index contributed by atoms with van der Waals surface area (Å²) in [6, 6.07) is 15.0. The van der Waals surface area contributed by atoms with Gasteiger partial charge in [0.25, 0.3) is 0 Å². The normalized spacial score (nSPS) is 17.8. The van der Waals surface area contributed by atoms with E-state index in [0.717, 1.165) is 72.7 Å². The van der Waals surface area contributed by atoms with Gasteiger partial charge in [-0.1, -0.05) is 18.2 Å². The second-order valence-electron chi connectivity index (χ2n) is 9.73. The Kier molecular flexibility index (Phi) is 6.64. The molecule has 0 bridgehead atoms. The lowest BCUT2D eigenvalue weighted by Crippen LogP contribution is -2.50. The van der Waals surface area contributed by atoms with Gasteiger partial charge in [0, 0.05) is 68.9 Å². The van der Waals surface area contributed by atoms with Crippen molar-refractivity contribution in [2.75, 3.05) is 69.6 Å². The lowest BCUT2D eigenvalue weighted by atomic mass is 10.2. The van der Waals surface area contributed by atoms with Gasteiger partial charge in [-0.2, -0.15) is 4.31 Å². The first-order valence-electron chi connectivity index (χ1n) is 12.7. The monoisotopic (exact) mass is 550 g/mol. The van der Waals surface area contributed by atoms with Gasteiger partial charge in [0.05, 0.1) is 10.3 Å². The van der Waals surface area contributed by atoms with Crippen LogP contribution in [0, 0.1) is 0 Å². The first-order valence-corrected chi connectivity index (χ1v) is 14.6. The van der Waals surface area contributed by atoms with E-state index in [9.17, 15) is 8.42 Å². The Labute approximate surface area is 227 Å². The van der Waals surface area contributed by atoms with Gasteiger partial charge >= 0.3 is 0 Å². The molecule has 2 aromatic heterocycles. The summed E-state index contributed by atoms with van der Waals surface area (Å²) in [6.07, 6.45) is 1.61. The molecule has 2 fully saturated rings. The van der Waals surface area contributed by atoms with Crippen LogP contribution in [0.15, 0.2) is 59.8 Å². The average molecular weight is 551 g/mol. The Balaban J connectivity index is 1.09. The van der Waals surface area contributed by atoms with E-state index in [1.807, 2.05) is 19.2 Å². The van der Waals surface area contributed by atoms with Crippen molar-refractivity contribution in [3.05, 3.63) is 54.9 Å². The van der Waals surface area contributed by atoms with Gasteiger partial charge in [-0.15, -0.1) is 0 Å². The number of aromatic nitrogens is 3. The number of anilines is 2. The van der Waals surface area contributed by atoms with E-state index in [-0.39, 0.29) is 0 Å². The largest absolute Gasteiger partial charge is 0.352 e. The molecule has 2 saturated heterocycles. The fourth-order valence-electron chi connectivity index (χ4n) is 5.11. The summed E-state index contributed by atoms with van der Waals surface area (Å²) in [7, 11) is -1.49. The molecule has 2 aliphatic heterocycles. The number of sulfonamides is 1. The second-order valence-corrected chi connectivity index (χ2v) is 12.1. The minimum atomic E-state index is -3.49. The first-order chi connectivity index (χ1) is 18.4. The molecule has 6 rings (SSSR count). The number of thiocarbonyl (C=S) groups is 1. The number of hydrogen-bond acceptors (Lipinski definition) is 7. The molecule has 0 atom stereocenters. The highest BCUT2D eigenvalue weighted by atomic mass is 32.2. The topological polar surface area (TPSA) is 101 Å². The van der Waals surface area contributed by atoms with E-state index < -0.39 is 10.0 Å². The molecule has 2 aromatic carbocycles. The zero-order chi connectivity index (χ0) is 26.3. The zero-order valence-electron chi connectivity index (χ0n) is 21.2. The van der Waals surface area contributed by atoms with E-state index in [4.69, 9.17) is 12.2 Å². The predicted molar refractivity (Wildman–Crippen MR) is 154 cm³/mol. The van der Waals surface area contributed by atoms with Gasteiger partial charge in [0.15, 0.2) is 5.11 Å². The molecule has 2 N–H and O–H groups in total. The number of piperazine rings is 2. The van der Waals surface area contributed by atoms with E-state index in [0.29, 0.717) is 23.1 Å². The Morgan fingerprint density at radius 2 is 1.63 bits per heavy atom. The molecule has 198 valence electrons. The van der Waals surface area contributed by atoms with Crippen LogP contribution >= 0.6 is 12.2 Å². The van der Waals surface area contributed by atoms with Gasteiger partial charge in [0.1, 0.15) is 17.8 Å². The summed E-state index contributed by atoms with van der Waals surface area (Å²) >= 11 is 5.69. The van der Waals surface area contributed by atoms with Crippen LogP contribution in [0.2, 0.25) is 0 Å². The highest BCUT2D eigenvalue weighted by Crippen LogP contribution is 2.31. The minimum Gasteiger partial charge on any atom is -0.352 e. The molecule has 0 amide bonds. The van der Waals surface area contributed by atoms with Gasteiger partial charge in [-0.3, -0.25) is 0 Å². The number of para-hydroxylation sites is 1. The molecular weight excluding hydrogens is 520 g/mol. The van der Waals surface area contributed by atoms with Gasteiger partial charge in [0.2, 0.25) is 10.0 Å². The summed E-state index contributed by atoms with van der Waals surface area (Å²) in [5, 5.41) is 6.06. The van der Waals surface area contributed by atoms with Crippen LogP contribution in [-0.2, 0) is 10.0 Å². The van der Waals surface area contributed by atoms with Crippen molar-refractivity contribution in [2.45, 2.75) is 4.90 Å². The molecule has 0 saturated carbocycles. The van der Waals surface area contributed by atoms with Crippen molar-refractivity contribution >= 4 is 60.8 Å². The van der Waals surface area contributed by atoms with Crippen LogP contribution in [0.1, 0.15) is 0 Å². The fraction of sp³-hybridized carbons (Fsp3) is 0.346. The van der Waals surface area contributed by atoms with Crippen LogP contribution in [0.4, 0.5) is 11.5 Å². The van der Waals surface area contributed by atoms with Crippen LogP contribution in [0.25, 0.3) is 21.9 Å². The standard InChI is InChI=1S/C26H30N8O2S2/c1-31-10-16-34(17-11-31)38(35,36)20-8-6-19(7-9-20)29-26(37)33-14-12-32(13-15-33)25-23-21-4-2-3-5-22(21)30-24(23)27-18-28-25/h2-9,18H,10-17H2,1H3,(H,29,37)(H,27,28,30). The molecule has 12 heteroatoms. The van der Waals surface area contributed by atoms with Crippen molar-refractivity contribution in [2.24, 2.45) is 0 Å². The van der Waals surface area contributed by atoms with Gasteiger partial charge < -0.3 is 25.0 Å². The number of nitrogens with zero attached hydrogens (tertiary/aromatic N) is 6. The lowest BCUT2D eigenvalue weighted by Gasteiger charge is -2.37. The Hall–Kier alpha value is -3.32. The molecule has 0 radical (unpaired) electrons. The number of rotatable bonds is 4. The Bertz CT molecular complexity index is 1570. The fourth-order valence-corrected chi connectivity index (χ4v) is 6.83. The number of H-pyrrole nitrogens is 1. The third-order valence-electron chi connectivity index (χ3n) is 7.35. The maximum atomic E-state index is 13.0. The zero-order valence-corrected chi connectivity index (χ0v) is 22.8. The van der Waals surface area contributed by atoms with Crippen molar-refractivity contribution < 1.29 is 8.42 Å². The third-order valence-corrected chi connectivity index (χ3v) is 9.62. The molecule has 2 aliphatic rings. The van der Waals surface area contributed by atoms with Crippen LogP contribution in [0.5, 0.6) is 0 Å². The molecular formula is C26H30N8O2S2. The molecule has 4 heterocycles. The summed E-state index contributed by atoms with van der Waals surface area (Å²) in [4.78, 5) is 19.3. The first kappa shape index (κ1) is 25.0. The van der Waals surface area contributed by atoms with Crippen molar-refractivity contribution in [1.82, 2.24) is 29.1 Å². The maximum absolute atomic E-state index is 13.0. The molecule has 0 aliphatic carbocycles. The number of hydrogen-bond donors (Lipinski definition) is 2. The van der Waals surface area contributed by atoms with Crippen molar-refractivity contribution in [3.63, 3.8) is 0 Å². The number of aromatic amines is 1. The van der Waals surface area contributed by atoms with Crippen molar-refractivity contribution in [3.8, 4) is 0 Å². The van der Waals surface area contributed by atoms with Crippen molar-refractivity contribution in [1.29, 1.82) is 0 Å². The Morgan fingerprint density at radius 1 is 0.921 bits per heavy atom. The number of nitrogens with one attached hydrogen (secondary N) is 2. The highest BCUT2D eigenvalue weighted by Gasteiger charge is 2.27. The summed E-state index contributed by atoms with van der Waals surface area (Å²) in [5.74, 6) is 0.933.